The van der Waals surface area contributed by atoms with Gasteiger partial charge in [-0.25, -0.2) is 4.57 Å². The Kier molecular flexibility index (Phi) is 42.4. The number of allylic oxidation sites excluding steroid dienone is 4. The minimum absolute atomic E-state index is 0.171. The van der Waals surface area contributed by atoms with Gasteiger partial charge in [-0.3, -0.25) is 18.6 Å². The van der Waals surface area contributed by atoms with Crippen LogP contribution in [0, 0.1) is 0 Å². The van der Waals surface area contributed by atoms with Gasteiger partial charge in [-0.2, -0.15) is 0 Å². The van der Waals surface area contributed by atoms with E-state index in [1.807, 2.05) is 0 Å². The van der Waals surface area contributed by atoms with Gasteiger partial charge in [0.2, 0.25) is 0 Å². The number of hydrogen-bond acceptors (Lipinski definition) is 9. The Morgan fingerprint density at radius 3 is 1.38 bits per heavy atom. The van der Waals surface area contributed by atoms with Gasteiger partial charge in [0.05, 0.1) is 19.8 Å². The topological polar surface area (TPSA) is 149 Å². The van der Waals surface area contributed by atoms with Crippen molar-refractivity contribution in [1.29, 1.82) is 0 Å². The lowest BCUT2D eigenvalue weighted by Gasteiger charge is -2.20. The van der Waals surface area contributed by atoms with Crippen molar-refractivity contribution in [1.82, 2.24) is 0 Å². The van der Waals surface area contributed by atoms with Gasteiger partial charge >= 0.3 is 19.8 Å². The molecule has 0 rings (SSSR count). The van der Waals surface area contributed by atoms with E-state index in [4.69, 9.17) is 23.6 Å². The number of aliphatic hydroxyl groups excluding tert-OH is 2. The molecule has 0 saturated carbocycles. The number of hydrogen-bond donors (Lipinski definition) is 3. The summed E-state index contributed by atoms with van der Waals surface area (Å²) in [5, 5.41) is 18.4. The molecule has 0 aliphatic rings. The zero-order chi connectivity index (χ0) is 42.6. The zero-order valence-corrected chi connectivity index (χ0v) is 38.2. The predicted octanol–water partition coefficient (Wildman–Crippen LogP) is 13.0. The maximum atomic E-state index is 12.6. The molecule has 0 saturated heterocycles. The van der Waals surface area contributed by atoms with Crippen LogP contribution in [0.3, 0.4) is 0 Å². The number of rotatable bonds is 45. The first-order chi connectivity index (χ1) is 28.2. The van der Waals surface area contributed by atoms with Crippen LogP contribution in [0.4, 0.5) is 0 Å². The molecule has 0 bridgehead atoms. The SMILES string of the molecule is CCCC/C=C/C/C=C/CCCCCCCC(=O)O[C@@H](COC(=O)CCCCCCCCCCCCCCCCCCCCCCC)COP(=O)(O)OC[C@H](O)CO. The molecule has 0 aliphatic carbocycles. The van der Waals surface area contributed by atoms with Crippen molar-refractivity contribution in [2.24, 2.45) is 0 Å². The Morgan fingerprint density at radius 1 is 0.517 bits per heavy atom. The predicted molar refractivity (Wildman–Crippen MR) is 238 cm³/mol. The molecule has 0 fully saturated rings. The monoisotopic (exact) mass is 845 g/mol. The normalized spacial score (nSPS) is 13.9. The van der Waals surface area contributed by atoms with E-state index in [0.717, 1.165) is 64.2 Å². The summed E-state index contributed by atoms with van der Waals surface area (Å²) >= 11 is 0. The van der Waals surface area contributed by atoms with Crippen molar-refractivity contribution >= 4 is 19.8 Å². The maximum absolute atomic E-state index is 12.6. The van der Waals surface area contributed by atoms with Gasteiger partial charge in [0, 0.05) is 12.8 Å². The van der Waals surface area contributed by atoms with Gasteiger partial charge in [0.1, 0.15) is 12.7 Å². The van der Waals surface area contributed by atoms with E-state index < -0.39 is 51.8 Å². The van der Waals surface area contributed by atoms with Crippen LogP contribution >= 0.6 is 7.82 Å². The highest BCUT2D eigenvalue weighted by Crippen LogP contribution is 2.43. The number of phosphoric acid groups is 1. The summed E-state index contributed by atoms with van der Waals surface area (Å²) in [5.41, 5.74) is 0. The average Bonchev–Trinajstić information content (AvgIpc) is 3.21. The minimum atomic E-state index is -4.62. The molecular formula is C47H89O10P. The molecule has 1 unspecified atom stereocenters. The van der Waals surface area contributed by atoms with Crippen molar-refractivity contribution in [3.05, 3.63) is 24.3 Å². The van der Waals surface area contributed by atoms with Crippen LogP contribution in [0.25, 0.3) is 0 Å². The van der Waals surface area contributed by atoms with Crippen LogP contribution in [-0.2, 0) is 32.7 Å². The highest BCUT2D eigenvalue weighted by atomic mass is 31.2. The fourth-order valence-electron chi connectivity index (χ4n) is 6.66. The van der Waals surface area contributed by atoms with Gasteiger partial charge in [-0.1, -0.05) is 199 Å². The average molecular weight is 845 g/mol. The first-order valence-electron chi connectivity index (χ1n) is 23.8. The lowest BCUT2D eigenvalue weighted by atomic mass is 10.0. The quantitative estimate of drug-likeness (QED) is 0.0234. The van der Waals surface area contributed by atoms with Gasteiger partial charge in [0.25, 0.3) is 0 Å². The molecule has 0 aromatic rings. The molecule has 10 nitrogen and oxygen atoms in total. The van der Waals surface area contributed by atoms with E-state index in [9.17, 15) is 24.2 Å². The van der Waals surface area contributed by atoms with Gasteiger partial charge < -0.3 is 24.6 Å². The number of carbonyl (C=O) groups is 2. The third-order valence-corrected chi connectivity index (χ3v) is 11.3. The Balaban J connectivity index is 4.17. The summed E-state index contributed by atoms with van der Waals surface area (Å²) in [5.74, 6) is -0.931. The third-order valence-electron chi connectivity index (χ3n) is 10.4. The van der Waals surface area contributed by atoms with Crippen molar-refractivity contribution in [3.8, 4) is 0 Å². The van der Waals surface area contributed by atoms with Gasteiger partial charge in [-0.15, -0.1) is 0 Å². The number of esters is 2. The van der Waals surface area contributed by atoms with Crippen LogP contribution in [0.15, 0.2) is 24.3 Å². The second-order valence-electron chi connectivity index (χ2n) is 16.1. The molecule has 0 radical (unpaired) electrons. The van der Waals surface area contributed by atoms with E-state index in [1.165, 1.54) is 122 Å². The summed E-state index contributed by atoms with van der Waals surface area (Å²) < 4.78 is 32.8. The van der Waals surface area contributed by atoms with Crippen molar-refractivity contribution in [2.75, 3.05) is 26.4 Å². The molecule has 342 valence electrons. The smallest absolute Gasteiger partial charge is 0.462 e. The molecule has 0 heterocycles. The number of aliphatic hydroxyl groups is 2. The molecule has 0 aliphatic heterocycles. The Bertz CT molecular complexity index is 1020. The largest absolute Gasteiger partial charge is 0.472 e. The number of ether oxygens (including phenoxy) is 2. The Labute approximate surface area is 355 Å². The van der Waals surface area contributed by atoms with Crippen molar-refractivity contribution in [3.63, 3.8) is 0 Å². The summed E-state index contributed by atoms with van der Waals surface area (Å²) in [4.78, 5) is 35.0. The van der Waals surface area contributed by atoms with E-state index >= 15 is 0 Å². The molecule has 3 N–H and O–H groups in total. The van der Waals surface area contributed by atoms with E-state index in [2.05, 4.69) is 38.2 Å². The fraction of sp³-hybridized carbons (Fsp3) is 0.872. The van der Waals surface area contributed by atoms with Crippen LogP contribution in [0.5, 0.6) is 0 Å². The summed E-state index contributed by atoms with van der Waals surface area (Å²) in [6.45, 7) is 2.36. The molecule has 0 amide bonds. The molecule has 0 aromatic heterocycles. The highest BCUT2D eigenvalue weighted by molar-refractivity contribution is 7.47. The lowest BCUT2D eigenvalue weighted by Crippen LogP contribution is -2.29. The first-order valence-corrected chi connectivity index (χ1v) is 25.3. The lowest BCUT2D eigenvalue weighted by molar-refractivity contribution is -0.161. The highest BCUT2D eigenvalue weighted by Gasteiger charge is 2.27. The summed E-state index contributed by atoms with van der Waals surface area (Å²) in [6, 6.07) is 0. The van der Waals surface area contributed by atoms with Gasteiger partial charge in [-0.05, 0) is 38.5 Å². The third kappa shape index (κ3) is 42.6. The Hall–Kier alpha value is -1.55. The maximum Gasteiger partial charge on any atom is 0.472 e. The van der Waals surface area contributed by atoms with Crippen LogP contribution < -0.4 is 0 Å². The van der Waals surface area contributed by atoms with E-state index in [1.54, 1.807) is 0 Å². The van der Waals surface area contributed by atoms with Crippen LogP contribution in [-0.4, -0.2) is 65.7 Å². The van der Waals surface area contributed by atoms with Crippen molar-refractivity contribution < 1.29 is 47.8 Å². The number of carbonyl (C=O) groups excluding carboxylic acids is 2. The second kappa shape index (κ2) is 43.5. The standard InChI is InChI=1S/C47H89O10P/c1-3-5-7-9-11-13-15-17-19-20-21-22-23-24-25-27-28-30-32-34-36-38-46(50)54-42-45(43-56-58(52,53)55-41-44(49)40-48)57-47(51)39-37-35-33-31-29-26-18-16-14-12-10-8-6-4-2/h10,12,16,18,44-45,48-49H,3-9,11,13-15,17,19-43H2,1-2H3,(H,52,53)/b12-10+,18-16+/t44-,45+/m1/s1. The molecule has 0 aromatic carbocycles. The summed E-state index contributed by atoms with van der Waals surface area (Å²) in [6.07, 6.45) is 44.3. The minimum Gasteiger partial charge on any atom is -0.462 e. The van der Waals surface area contributed by atoms with Crippen LogP contribution in [0.2, 0.25) is 0 Å². The van der Waals surface area contributed by atoms with Crippen LogP contribution in [0.1, 0.15) is 226 Å². The zero-order valence-electron chi connectivity index (χ0n) is 37.3. The van der Waals surface area contributed by atoms with Crippen molar-refractivity contribution in [2.45, 2.75) is 238 Å². The Morgan fingerprint density at radius 2 is 0.914 bits per heavy atom. The molecule has 3 atom stereocenters. The molecule has 58 heavy (non-hydrogen) atoms. The summed E-state index contributed by atoms with van der Waals surface area (Å²) in [7, 11) is -4.62. The fourth-order valence-corrected chi connectivity index (χ4v) is 7.45. The molecular weight excluding hydrogens is 755 g/mol. The second-order valence-corrected chi connectivity index (χ2v) is 17.6. The molecule has 11 heteroatoms. The van der Waals surface area contributed by atoms with E-state index in [-0.39, 0.29) is 19.4 Å². The first kappa shape index (κ1) is 56.5. The van der Waals surface area contributed by atoms with E-state index in [0.29, 0.717) is 12.8 Å². The van der Waals surface area contributed by atoms with Gasteiger partial charge in [0.15, 0.2) is 6.10 Å². The molecule has 0 spiro atoms. The number of phosphoric ester groups is 1. The number of unbranched alkanes of at least 4 members (excludes halogenated alkanes) is 27.